The van der Waals surface area contributed by atoms with E-state index >= 15 is 0 Å². The molecule has 0 radical (unpaired) electrons. The standard InChI is InChI=1S/C16H23N3/c1-2-3-4-8-11-15-16(17)19(13-18-15)12-14-9-6-5-7-10-14/h5-7,9-10,13H,2-4,8,11-12,17H2,1H3. The third kappa shape index (κ3) is 3.85. The highest BCUT2D eigenvalue weighted by molar-refractivity contribution is 5.37. The van der Waals surface area contributed by atoms with Crippen molar-refractivity contribution in [1.29, 1.82) is 0 Å². The minimum atomic E-state index is 0.800. The Bertz CT molecular complexity index is 488. The highest BCUT2D eigenvalue weighted by atomic mass is 15.1. The van der Waals surface area contributed by atoms with Gasteiger partial charge in [0.05, 0.1) is 18.6 Å². The Morgan fingerprint density at radius 3 is 2.63 bits per heavy atom. The summed E-state index contributed by atoms with van der Waals surface area (Å²) < 4.78 is 2.03. The summed E-state index contributed by atoms with van der Waals surface area (Å²) >= 11 is 0. The number of aromatic nitrogens is 2. The monoisotopic (exact) mass is 257 g/mol. The first-order valence-electron chi connectivity index (χ1n) is 7.14. The third-order valence-corrected chi connectivity index (χ3v) is 3.42. The molecule has 0 aliphatic heterocycles. The van der Waals surface area contributed by atoms with Crippen molar-refractivity contribution in [3.63, 3.8) is 0 Å². The fourth-order valence-corrected chi connectivity index (χ4v) is 2.25. The molecule has 2 aromatic rings. The minimum Gasteiger partial charge on any atom is -0.384 e. The van der Waals surface area contributed by atoms with E-state index in [1.165, 1.54) is 31.2 Å². The molecule has 0 saturated heterocycles. The zero-order valence-electron chi connectivity index (χ0n) is 11.7. The zero-order valence-corrected chi connectivity index (χ0v) is 11.7. The van der Waals surface area contributed by atoms with Crippen molar-refractivity contribution in [1.82, 2.24) is 9.55 Å². The van der Waals surface area contributed by atoms with Crippen molar-refractivity contribution in [2.45, 2.75) is 45.6 Å². The van der Waals surface area contributed by atoms with E-state index in [2.05, 4.69) is 24.0 Å². The number of rotatable bonds is 7. The lowest BCUT2D eigenvalue weighted by Gasteiger charge is -2.06. The molecule has 1 heterocycles. The van der Waals surface area contributed by atoms with Gasteiger partial charge in [0.25, 0.3) is 0 Å². The number of imidazole rings is 1. The first-order valence-corrected chi connectivity index (χ1v) is 7.14. The Balaban J connectivity index is 1.94. The Morgan fingerprint density at radius 1 is 1.11 bits per heavy atom. The van der Waals surface area contributed by atoms with Crippen LogP contribution >= 0.6 is 0 Å². The van der Waals surface area contributed by atoms with Crippen LogP contribution in [0, 0.1) is 0 Å². The molecule has 0 amide bonds. The number of nitrogen functional groups attached to an aromatic ring is 1. The molecule has 0 fully saturated rings. The average molecular weight is 257 g/mol. The Labute approximate surface area is 115 Å². The van der Waals surface area contributed by atoms with Crippen LogP contribution in [0.3, 0.4) is 0 Å². The molecule has 0 atom stereocenters. The zero-order chi connectivity index (χ0) is 13.5. The third-order valence-electron chi connectivity index (χ3n) is 3.42. The average Bonchev–Trinajstić information content (AvgIpc) is 2.78. The molecular weight excluding hydrogens is 234 g/mol. The van der Waals surface area contributed by atoms with E-state index in [1.807, 2.05) is 29.1 Å². The normalized spacial score (nSPS) is 10.8. The molecule has 3 nitrogen and oxygen atoms in total. The molecule has 1 aromatic heterocycles. The molecule has 0 unspecified atom stereocenters. The number of hydrogen-bond acceptors (Lipinski definition) is 2. The van der Waals surface area contributed by atoms with Gasteiger partial charge in [0.1, 0.15) is 5.82 Å². The van der Waals surface area contributed by atoms with Gasteiger partial charge in [0.2, 0.25) is 0 Å². The van der Waals surface area contributed by atoms with E-state index in [-0.39, 0.29) is 0 Å². The maximum absolute atomic E-state index is 6.17. The van der Waals surface area contributed by atoms with Gasteiger partial charge in [0, 0.05) is 0 Å². The van der Waals surface area contributed by atoms with Gasteiger partial charge in [-0.3, -0.25) is 0 Å². The van der Waals surface area contributed by atoms with E-state index in [0.717, 1.165) is 24.5 Å². The summed E-state index contributed by atoms with van der Waals surface area (Å²) in [5.74, 6) is 0.820. The van der Waals surface area contributed by atoms with Crippen molar-refractivity contribution in [3.05, 3.63) is 47.9 Å². The summed E-state index contributed by atoms with van der Waals surface area (Å²) in [6.07, 6.45) is 7.86. The predicted molar refractivity (Wildman–Crippen MR) is 80.0 cm³/mol. The van der Waals surface area contributed by atoms with Crippen LogP contribution in [0.1, 0.15) is 43.9 Å². The van der Waals surface area contributed by atoms with Crippen LogP contribution in [0.25, 0.3) is 0 Å². The maximum atomic E-state index is 6.17. The smallest absolute Gasteiger partial charge is 0.126 e. The number of hydrogen-bond donors (Lipinski definition) is 1. The molecule has 0 saturated carbocycles. The fourth-order valence-electron chi connectivity index (χ4n) is 2.25. The molecular formula is C16H23N3. The van der Waals surface area contributed by atoms with Gasteiger partial charge in [-0.2, -0.15) is 0 Å². The van der Waals surface area contributed by atoms with Crippen LogP contribution in [0.5, 0.6) is 0 Å². The first-order chi connectivity index (χ1) is 9.31. The van der Waals surface area contributed by atoms with Crippen molar-refractivity contribution >= 4 is 5.82 Å². The molecule has 1 aromatic carbocycles. The van der Waals surface area contributed by atoms with Gasteiger partial charge in [-0.1, -0.05) is 56.5 Å². The van der Waals surface area contributed by atoms with Crippen LogP contribution in [0.2, 0.25) is 0 Å². The molecule has 2 rings (SSSR count). The summed E-state index contributed by atoms with van der Waals surface area (Å²) in [5.41, 5.74) is 8.47. The highest BCUT2D eigenvalue weighted by Gasteiger charge is 2.07. The molecule has 19 heavy (non-hydrogen) atoms. The van der Waals surface area contributed by atoms with Gasteiger partial charge >= 0.3 is 0 Å². The molecule has 0 spiro atoms. The summed E-state index contributed by atoms with van der Waals surface area (Å²) in [4.78, 5) is 4.45. The van der Waals surface area contributed by atoms with Gasteiger partial charge in [-0.05, 0) is 18.4 Å². The molecule has 0 aliphatic carbocycles. The SMILES string of the molecule is CCCCCCc1ncn(Cc2ccccc2)c1N. The summed E-state index contributed by atoms with van der Waals surface area (Å²) in [5, 5.41) is 0. The minimum absolute atomic E-state index is 0.800. The summed E-state index contributed by atoms with van der Waals surface area (Å²) in [7, 11) is 0. The number of nitrogens with two attached hydrogens (primary N) is 1. The van der Waals surface area contributed by atoms with E-state index in [0.29, 0.717) is 0 Å². The second kappa shape index (κ2) is 6.98. The molecule has 102 valence electrons. The molecule has 0 bridgehead atoms. The number of unbranched alkanes of at least 4 members (excludes halogenated alkanes) is 3. The predicted octanol–water partition coefficient (Wildman–Crippen LogP) is 3.64. The van der Waals surface area contributed by atoms with Gasteiger partial charge in [-0.25, -0.2) is 4.98 Å². The topological polar surface area (TPSA) is 43.8 Å². The van der Waals surface area contributed by atoms with Crippen LogP contribution in [0.15, 0.2) is 36.7 Å². The van der Waals surface area contributed by atoms with Crippen LogP contribution in [0.4, 0.5) is 5.82 Å². The van der Waals surface area contributed by atoms with Crippen LogP contribution in [-0.2, 0) is 13.0 Å². The lowest BCUT2D eigenvalue weighted by molar-refractivity contribution is 0.662. The van der Waals surface area contributed by atoms with E-state index < -0.39 is 0 Å². The lowest BCUT2D eigenvalue weighted by atomic mass is 10.1. The van der Waals surface area contributed by atoms with Gasteiger partial charge in [-0.15, -0.1) is 0 Å². The van der Waals surface area contributed by atoms with Crippen molar-refractivity contribution in [2.24, 2.45) is 0 Å². The van der Waals surface area contributed by atoms with Crippen molar-refractivity contribution in [2.75, 3.05) is 5.73 Å². The van der Waals surface area contributed by atoms with E-state index in [1.54, 1.807) is 0 Å². The van der Waals surface area contributed by atoms with E-state index in [4.69, 9.17) is 5.73 Å². The highest BCUT2D eigenvalue weighted by Crippen LogP contribution is 2.15. The second-order valence-electron chi connectivity index (χ2n) is 5.00. The molecule has 2 N–H and O–H groups in total. The first kappa shape index (κ1) is 13.7. The van der Waals surface area contributed by atoms with Gasteiger partial charge in [0.15, 0.2) is 0 Å². The van der Waals surface area contributed by atoms with Crippen LogP contribution < -0.4 is 5.73 Å². The lowest BCUT2D eigenvalue weighted by Crippen LogP contribution is -2.04. The second-order valence-corrected chi connectivity index (χ2v) is 5.00. The van der Waals surface area contributed by atoms with Crippen LogP contribution in [-0.4, -0.2) is 9.55 Å². The summed E-state index contributed by atoms with van der Waals surface area (Å²) in [6.45, 7) is 3.03. The number of benzene rings is 1. The molecule has 3 heteroatoms. The maximum Gasteiger partial charge on any atom is 0.126 e. The molecule has 0 aliphatic rings. The Morgan fingerprint density at radius 2 is 1.89 bits per heavy atom. The number of aryl methyl sites for hydroxylation is 1. The Hall–Kier alpha value is -1.77. The number of anilines is 1. The van der Waals surface area contributed by atoms with E-state index in [9.17, 15) is 0 Å². The summed E-state index contributed by atoms with van der Waals surface area (Å²) in [6, 6.07) is 10.4. The van der Waals surface area contributed by atoms with Crippen molar-refractivity contribution < 1.29 is 0 Å². The fraction of sp³-hybridized carbons (Fsp3) is 0.438. The quantitative estimate of drug-likeness (QED) is 0.770. The van der Waals surface area contributed by atoms with Crippen molar-refractivity contribution in [3.8, 4) is 0 Å². The largest absolute Gasteiger partial charge is 0.384 e. The number of nitrogens with zero attached hydrogens (tertiary/aromatic N) is 2. The Kier molecular flexibility index (Phi) is 5.01. The van der Waals surface area contributed by atoms with Gasteiger partial charge < -0.3 is 10.3 Å².